The highest BCUT2D eigenvalue weighted by atomic mass is 19.1. The molecule has 74 valence electrons. The summed E-state index contributed by atoms with van der Waals surface area (Å²) in [5.74, 6) is -1.60. The van der Waals surface area contributed by atoms with E-state index in [1.165, 1.54) is 6.07 Å². The molecule has 2 rings (SSSR count). The number of benzene rings is 1. The van der Waals surface area contributed by atoms with Crippen LogP contribution in [0.4, 0.5) is 4.39 Å². The molecular formula is C9H8FNO3. The van der Waals surface area contributed by atoms with E-state index >= 15 is 0 Å². The number of hydrogen-bond donors (Lipinski definition) is 2. The van der Waals surface area contributed by atoms with Crippen LogP contribution in [0.1, 0.15) is 22.0 Å². The Labute approximate surface area is 79.1 Å². The number of fused-ring (bicyclic) bond motifs is 1. The van der Waals surface area contributed by atoms with Gasteiger partial charge in [0.15, 0.2) is 0 Å². The van der Waals surface area contributed by atoms with Crippen molar-refractivity contribution in [2.24, 2.45) is 5.73 Å². The number of carbonyl (C=O) groups is 1. The molecule has 1 aromatic carbocycles. The van der Waals surface area contributed by atoms with Crippen molar-refractivity contribution in [3.8, 4) is 5.75 Å². The molecule has 1 aliphatic heterocycles. The molecule has 1 aromatic rings. The summed E-state index contributed by atoms with van der Waals surface area (Å²) in [5.41, 5.74) is 5.67. The predicted molar refractivity (Wildman–Crippen MR) is 45.8 cm³/mol. The molecule has 1 aliphatic rings. The van der Waals surface area contributed by atoms with Crippen molar-refractivity contribution in [1.82, 2.24) is 0 Å². The van der Waals surface area contributed by atoms with Crippen molar-refractivity contribution in [2.75, 3.05) is 6.61 Å². The van der Waals surface area contributed by atoms with Gasteiger partial charge in [-0.05, 0) is 12.1 Å². The first-order valence-corrected chi connectivity index (χ1v) is 4.05. The molecule has 0 saturated carbocycles. The normalized spacial score (nSPS) is 18.9. The van der Waals surface area contributed by atoms with Gasteiger partial charge in [0.2, 0.25) is 0 Å². The van der Waals surface area contributed by atoms with Crippen LogP contribution in [0.15, 0.2) is 12.1 Å². The average molecular weight is 197 g/mol. The highest BCUT2D eigenvalue weighted by Crippen LogP contribution is 2.36. The van der Waals surface area contributed by atoms with Crippen LogP contribution in [0, 0.1) is 5.82 Å². The molecule has 0 amide bonds. The summed E-state index contributed by atoms with van der Waals surface area (Å²) in [5, 5.41) is 8.78. The number of carboxylic acid groups (broad SMARTS) is 1. The Bertz CT molecular complexity index is 405. The summed E-state index contributed by atoms with van der Waals surface area (Å²) in [7, 11) is 0. The zero-order valence-corrected chi connectivity index (χ0v) is 7.16. The average Bonchev–Trinajstić information content (AvgIpc) is 2.49. The molecule has 4 nitrogen and oxygen atoms in total. The van der Waals surface area contributed by atoms with E-state index in [9.17, 15) is 9.18 Å². The third-order valence-electron chi connectivity index (χ3n) is 2.15. The number of nitrogens with two attached hydrogens (primary N) is 1. The monoisotopic (exact) mass is 197 g/mol. The van der Waals surface area contributed by atoms with Gasteiger partial charge in [0, 0.05) is 0 Å². The van der Waals surface area contributed by atoms with Crippen molar-refractivity contribution >= 4 is 5.97 Å². The fourth-order valence-corrected chi connectivity index (χ4v) is 1.50. The van der Waals surface area contributed by atoms with Crippen LogP contribution in [0.3, 0.4) is 0 Å². The molecule has 5 heteroatoms. The van der Waals surface area contributed by atoms with Crippen molar-refractivity contribution in [1.29, 1.82) is 0 Å². The molecule has 0 fully saturated rings. The second kappa shape index (κ2) is 2.95. The second-order valence-corrected chi connectivity index (χ2v) is 3.06. The smallest absolute Gasteiger partial charge is 0.339 e. The first-order valence-electron chi connectivity index (χ1n) is 4.05. The fourth-order valence-electron chi connectivity index (χ4n) is 1.50. The molecule has 0 spiro atoms. The predicted octanol–water partition coefficient (Wildman–Crippen LogP) is 0.916. The number of aromatic carboxylic acids is 1. The maximum Gasteiger partial charge on any atom is 0.339 e. The van der Waals surface area contributed by atoms with Gasteiger partial charge in [-0.1, -0.05) is 0 Å². The fraction of sp³-hybridized carbons (Fsp3) is 0.222. The summed E-state index contributed by atoms with van der Waals surface area (Å²) >= 11 is 0. The number of hydrogen-bond acceptors (Lipinski definition) is 3. The third-order valence-corrected chi connectivity index (χ3v) is 2.15. The van der Waals surface area contributed by atoms with Crippen LogP contribution in [0.5, 0.6) is 5.75 Å². The van der Waals surface area contributed by atoms with Crippen LogP contribution >= 0.6 is 0 Å². The summed E-state index contributed by atoms with van der Waals surface area (Å²) in [6.07, 6.45) is 0. The van der Waals surface area contributed by atoms with Gasteiger partial charge in [-0.15, -0.1) is 0 Å². The third kappa shape index (κ3) is 1.13. The van der Waals surface area contributed by atoms with Gasteiger partial charge < -0.3 is 15.6 Å². The van der Waals surface area contributed by atoms with Gasteiger partial charge in [0.1, 0.15) is 23.7 Å². The number of halogens is 1. The number of ether oxygens (including phenoxy) is 1. The standard InChI is InChI=1S/C9H8FNO3/c10-5-2-1-4(9(12)13)8-7(5)6(11)3-14-8/h1-2,6H,3,11H2,(H,12,13)/t6-/m1/s1. The largest absolute Gasteiger partial charge is 0.490 e. The molecule has 0 unspecified atom stereocenters. The lowest BCUT2D eigenvalue weighted by molar-refractivity contribution is 0.0693. The minimum atomic E-state index is -1.14. The first-order chi connectivity index (χ1) is 6.61. The van der Waals surface area contributed by atoms with Crippen LogP contribution in [0.25, 0.3) is 0 Å². The highest BCUT2D eigenvalue weighted by molar-refractivity contribution is 5.91. The molecule has 1 heterocycles. The SMILES string of the molecule is N[C@@H]1COc2c(C(=O)O)ccc(F)c21. The van der Waals surface area contributed by atoms with E-state index in [1.807, 2.05) is 0 Å². The summed E-state index contributed by atoms with van der Waals surface area (Å²) in [4.78, 5) is 10.7. The Morgan fingerprint density at radius 3 is 3.00 bits per heavy atom. The quantitative estimate of drug-likeness (QED) is 0.702. The first kappa shape index (κ1) is 8.96. The van der Waals surface area contributed by atoms with Gasteiger partial charge in [0.25, 0.3) is 0 Å². The Kier molecular flexibility index (Phi) is 1.89. The van der Waals surface area contributed by atoms with E-state index in [2.05, 4.69) is 0 Å². The Hall–Kier alpha value is -1.62. The number of rotatable bonds is 1. The van der Waals surface area contributed by atoms with Gasteiger partial charge >= 0.3 is 5.97 Å². The van der Waals surface area contributed by atoms with Gasteiger partial charge in [-0.2, -0.15) is 0 Å². The minimum absolute atomic E-state index is 0.0469. The zero-order chi connectivity index (χ0) is 10.3. The molecule has 0 bridgehead atoms. The minimum Gasteiger partial charge on any atom is -0.490 e. The summed E-state index contributed by atoms with van der Waals surface area (Å²) in [6.45, 7) is 0.122. The lowest BCUT2D eigenvalue weighted by Gasteiger charge is -2.04. The highest BCUT2D eigenvalue weighted by Gasteiger charge is 2.29. The topological polar surface area (TPSA) is 72.5 Å². The molecule has 0 saturated heterocycles. The second-order valence-electron chi connectivity index (χ2n) is 3.06. The molecule has 0 aliphatic carbocycles. The molecule has 0 radical (unpaired) electrons. The number of carboxylic acids is 1. The maximum atomic E-state index is 13.2. The Balaban J connectivity index is 2.64. The zero-order valence-electron chi connectivity index (χ0n) is 7.16. The lowest BCUT2D eigenvalue weighted by Crippen LogP contribution is -2.12. The molecule has 3 N–H and O–H groups in total. The van der Waals surface area contributed by atoms with E-state index in [1.54, 1.807) is 0 Å². The molecule has 1 atom stereocenters. The van der Waals surface area contributed by atoms with Crippen LogP contribution < -0.4 is 10.5 Å². The van der Waals surface area contributed by atoms with Crippen molar-refractivity contribution in [2.45, 2.75) is 6.04 Å². The maximum absolute atomic E-state index is 13.2. The van der Waals surface area contributed by atoms with E-state index in [0.29, 0.717) is 0 Å². The van der Waals surface area contributed by atoms with Crippen molar-refractivity contribution in [3.63, 3.8) is 0 Å². The van der Waals surface area contributed by atoms with Crippen LogP contribution in [-0.4, -0.2) is 17.7 Å². The van der Waals surface area contributed by atoms with Crippen molar-refractivity contribution < 1.29 is 19.0 Å². The molecule has 0 aromatic heterocycles. The summed E-state index contributed by atoms with van der Waals surface area (Å²) < 4.78 is 18.3. The van der Waals surface area contributed by atoms with Gasteiger partial charge in [-0.25, -0.2) is 9.18 Å². The van der Waals surface area contributed by atoms with E-state index in [-0.39, 0.29) is 23.5 Å². The Morgan fingerprint density at radius 1 is 1.64 bits per heavy atom. The van der Waals surface area contributed by atoms with Gasteiger partial charge in [-0.3, -0.25) is 0 Å². The lowest BCUT2D eigenvalue weighted by atomic mass is 10.0. The van der Waals surface area contributed by atoms with E-state index in [0.717, 1.165) is 6.07 Å². The van der Waals surface area contributed by atoms with E-state index in [4.69, 9.17) is 15.6 Å². The Morgan fingerprint density at radius 2 is 2.36 bits per heavy atom. The molecule has 14 heavy (non-hydrogen) atoms. The van der Waals surface area contributed by atoms with E-state index < -0.39 is 17.8 Å². The van der Waals surface area contributed by atoms with Crippen LogP contribution in [-0.2, 0) is 0 Å². The van der Waals surface area contributed by atoms with Crippen molar-refractivity contribution in [3.05, 3.63) is 29.1 Å². The van der Waals surface area contributed by atoms with Gasteiger partial charge in [0.05, 0.1) is 11.6 Å². The van der Waals surface area contributed by atoms with Crippen LogP contribution in [0.2, 0.25) is 0 Å². The summed E-state index contributed by atoms with van der Waals surface area (Å²) in [6, 6.07) is 1.69. The molecular weight excluding hydrogens is 189 g/mol.